The highest BCUT2D eigenvalue weighted by molar-refractivity contribution is 9.10. The molecule has 1 unspecified atom stereocenters. The van der Waals surface area contributed by atoms with Gasteiger partial charge in [-0.3, -0.25) is 4.79 Å². The summed E-state index contributed by atoms with van der Waals surface area (Å²) in [4.78, 5) is 22.2. The first-order valence-corrected chi connectivity index (χ1v) is 5.38. The molecule has 0 aromatic carbocycles. The molecule has 0 saturated carbocycles. The van der Waals surface area contributed by atoms with Crippen LogP contribution in [0.5, 0.6) is 0 Å². The van der Waals surface area contributed by atoms with Crippen LogP contribution in [0.25, 0.3) is 0 Å². The largest absolute Gasteiger partial charge is 0.459 e. The summed E-state index contributed by atoms with van der Waals surface area (Å²) in [5.41, 5.74) is -1.28. The molecule has 5 heteroatoms. The molecule has 1 atom stereocenters. The summed E-state index contributed by atoms with van der Waals surface area (Å²) in [5.74, 6) is -1.10. The lowest BCUT2D eigenvalue weighted by Crippen LogP contribution is -2.40. The molecule has 0 aromatic rings. The summed E-state index contributed by atoms with van der Waals surface area (Å²) in [5, 5.41) is 0. The molecule has 0 aliphatic heterocycles. The van der Waals surface area contributed by atoms with E-state index in [4.69, 9.17) is 9.47 Å². The smallest absolute Gasteiger partial charge is 0.350 e. The van der Waals surface area contributed by atoms with Crippen LogP contribution >= 0.6 is 15.9 Å². The molecule has 0 spiro atoms. The van der Waals surface area contributed by atoms with Gasteiger partial charge in [-0.15, -0.1) is 0 Å². The minimum Gasteiger partial charge on any atom is -0.459 e. The van der Waals surface area contributed by atoms with Crippen LogP contribution in [0.15, 0.2) is 12.7 Å². The van der Waals surface area contributed by atoms with Crippen molar-refractivity contribution in [2.45, 2.75) is 31.2 Å². The van der Waals surface area contributed by atoms with Crippen LogP contribution < -0.4 is 0 Å². The van der Waals surface area contributed by atoms with Crippen molar-refractivity contribution in [1.29, 1.82) is 0 Å². The van der Waals surface area contributed by atoms with E-state index < -0.39 is 22.4 Å². The summed E-state index contributed by atoms with van der Waals surface area (Å²) in [6.45, 7) is 8.09. The van der Waals surface area contributed by atoms with Gasteiger partial charge in [0, 0.05) is 0 Å². The van der Waals surface area contributed by atoms with Crippen molar-refractivity contribution in [2.75, 3.05) is 6.61 Å². The monoisotopic (exact) mass is 278 g/mol. The van der Waals surface area contributed by atoms with Gasteiger partial charge in [0.1, 0.15) is 11.4 Å². The molecule has 0 bridgehead atoms. The molecule has 0 amide bonds. The Morgan fingerprint density at radius 3 is 2.47 bits per heavy atom. The number of alkyl halides is 1. The maximum Gasteiger partial charge on any atom is 0.350 e. The quantitative estimate of drug-likeness (QED) is 0.437. The van der Waals surface area contributed by atoms with Gasteiger partial charge in [-0.05, 0) is 20.8 Å². The van der Waals surface area contributed by atoms with Gasteiger partial charge in [0.25, 0.3) is 0 Å². The molecule has 0 rings (SSSR count). The van der Waals surface area contributed by atoms with Crippen LogP contribution in [-0.2, 0) is 19.1 Å². The van der Waals surface area contributed by atoms with Crippen molar-refractivity contribution in [3.8, 4) is 0 Å². The van der Waals surface area contributed by atoms with Gasteiger partial charge in [-0.2, -0.15) is 0 Å². The first-order chi connectivity index (χ1) is 6.81. The lowest BCUT2D eigenvalue weighted by Gasteiger charge is -2.23. The number of ether oxygens (including phenoxy) is 2. The molecular formula is C10H15BrO4. The molecule has 0 heterocycles. The van der Waals surface area contributed by atoms with E-state index in [0.29, 0.717) is 0 Å². The number of hydrogen-bond acceptors (Lipinski definition) is 4. The number of halogens is 1. The van der Waals surface area contributed by atoms with Crippen molar-refractivity contribution in [1.82, 2.24) is 0 Å². The number of esters is 2. The molecule has 15 heavy (non-hydrogen) atoms. The van der Waals surface area contributed by atoms with Gasteiger partial charge in [0.05, 0.1) is 0 Å². The van der Waals surface area contributed by atoms with E-state index in [2.05, 4.69) is 22.5 Å². The summed E-state index contributed by atoms with van der Waals surface area (Å²) in [6, 6.07) is 0. The third-order valence-corrected chi connectivity index (χ3v) is 1.88. The maximum absolute atomic E-state index is 11.4. The second kappa shape index (κ2) is 5.90. The third kappa shape index (κ3) is 4.97. The number of carbonyl (C=O) groups is 2. The normalized spacial score (nSPS) is 12.8. The van der Waals surface area contributed by atoms with Crippen LogP contribution in [-0.4, -0.2) is 29.0 Å². The second-order valence-corrected chi connectivity index (χ2v) is 4.81. The maximum atomic E-state index is 11.4. The highest BCUT2D eigenvalue weighted by Gasteiger charge is 2.34. The minimum absolute atomic E-state index is 0.101. The van der Waals surface area contributed by atoms with Crippen molar-refractivity contribution >= 4 is 27.9 Å². The van der Waals surface area contributed by atoms with Gasteiger partial charge in [-0.1, -0.05) is 28.6 Å². The van der Waals surface area contributed by atoms with Gasteiger partial charge >= 0.3 is 11.9 Å². The first kappa shape index (κ1) is 14.2. The van der Waals surface area contributed by atoms with Crippen LogP contribution in [0.2, 0.25) is 0 Å². The molecule has 4 nitrogen and oxygen atoms in total. The molecule has 0 N–H and O–H groups in total. The molecule has 0 aliphatic carbocycles. The summed E-state index contributed by atoms with van der Waals surface area (Å²) in [6.07, 6.45) is 1.45. The molecule has 0 aliphatic rings. The van der Waals surface area contributed by atoms with Gasteiger partial charge in [0.2, 0.25) is 5.60 Å². The van der Waals surface area contributed by atoms with Crippen molar-refractivity contribution < 1.29 is 19.1 Å². The van der Waals surface area contributed by atoms with Crippen molar-refractivity contribution in [3.63, 3.8) is 0 Å². The summed E-state index contributed by atoms with van der Waals surface area (Å²) in [7, 11) is 0. The van der Waals surface area contributed by atoms with Crippen LogP contribution in [0.1, 0.15) is 20.8 Å². The van der Waals surface area contributed by atoms with E-state index in [1.807, 2.05) is 0 Å². The topological polar surface area (TPSA) is 52.6 Å². The molecule has 86 valence electrons. The van der Waals surface area contributed by atoms with E-state index in [1.165, 1.54) is 19.9 Å². The predicted octanol–water partition coefficient (Wildman–Crippen LogP) is 1.82. The Hall–Kier alpha value is -0.840. The fraction of sp³-hybridized carbons (Fsp3) is 0.600. The lowest BCUT2D eigenvalue weighted by molar-refractivity contribution is -0.177. The van der Waals surface area contributed by atoms with Crippen LogP contribution in [0.4, 0.5) is 0 Å². The fourth-order valence-electron chi connectivity index (χ4n) is 0.683. The lowest BCUT2D eigenvalue weighted by atomic mass is 10.1. The van der Waals surface area contributed by atoms with Crippen LogP contribution in [0, 0.1) is 0 Å². The average molecular weight is 279 g/mol. The van der Waals surface area contributed by atoms with Gasteiger partial charge in [-0.25, -0.2) is 4.79 Å². The van der Waals surface area contributed by atoms with Crippen LogP contribution in [0.3, 0.4) is 0 Å². The Morgan fingerprint density at radius 1 is 1.53 bits per heavy atom. The first-order valence-electron chi connectivity index (χ1n) is 4.46. The van der Waals surface area contributed by atoms with Crippen molar-refractivity contribution in [3.05, 3.63) is 12.7 Å². The highest BCUT2D eigenvalue weighted by Crippen LogP contribution is 2.15. The summed E-state index contributed by atoms with van der Waals surface area (Å²) >= 11 is 3.05. The molecule has 0 radical (unpaired) electrons. The zero-order valence-electron chi connectivity index (χ0n) is 9.08. The predicted molar refractivity (Wildman–Crippen MR) is 59.7 cm³/mol. The third-order valence-electron chi connectivity index (χ3n) is 1.50. The Balaban J connectivity index is 4.33. The Bertz CT molecular complexity index is 258. The number of carbonyl (C=O) groups excluding carboxylic acids is 2. The van der Waals surface area contributed by atoms with E-state index in [-0.39, 0.29) is 6.61 Å². The van der Waals surface area contributed by atoms with Gasteiger partial charge < -0.3 is 9.47 Å². The van der Waals surface area contributed by atoms with Crippen molar-refractivity contribution in [2.24, 2.45) is 0 Å². The van der Waals surface area contributed by atoms with E-state index in [0.717, 1.165) is 0 Å². The molecule has 0 saturated heterocycles. The van der Waals surface area contributed by atoms with E-state index in [9.17, 15) is 9.59 Å². The molecular weight excluding hydrogens is 264 g/mol. The van der Waals surface area contributed by atoms with E-state index in [1.54, 1.807) is 6.92 Å². The Kier molecular flexibility index (Phi) is 5.57. The molecule has 0 aromatic heterocycles. The Labute approximate surface area is 97.8 Å². The molecule has 0 fully saturated rings. The zero-order valence-corrected chi connectivity index (χ0v) is 10.7. The van der Waals surface area contributed by atoms with Gasteiger partial charge in [0.15, 0.2) is 0 Å². The minimum atomic E-state index is -1.28. The fourth-order valence-corrected chi connectivity index (χ4v) is 0.776. The summed E-state index contributed by atoms with van der Waals surface area (Å²) < 4.78 is 9.75. The number of hydrogen-bond donors (Lipinski definition) is 0. The zero-order chi connectivity index (χ0) is 12.1. The highest BCUT2D eigenvalue weighted by atomic mass is 79.9. The van der Waals surface area contributed by atoms with E-state index >= 15 is 0 Å². The number of rotatable bonds is 5. The average Bonchev–Trinajstić information content (AvgIpc) is 2.13. The SMILES string of the molecule is C=CCOC(=O)C(C)(C)OC(=O)C(C)Br. The standard InChI is InChI=1S/C10H15BrO4/c1-5-6-14-9(13)10(3,4)15-8(12)7(2)11/h5,7H,1,6H2,2-4H3. The second-order valence-electron chi connectivity index (χ2n) is 3.43. The Morgan fingerprint density at radius 2 is 2.07 bits per heavy atom.